The summed E-state index contributed by atoms with van der Waals surface area (Å²) in [5.74, 6) is -0.720. The molecule has 2 aromatic rings. The highest BCUT2D eigenvalue weighted by atomic mass is 32.1. The minimum Gasteiger partial charge on any atom is -0.478 e. The third-order valence-corrected chi connectivity index (χ3v) is 3.77. The number of Topliss-reactive ketones (excluding diaryl/α,β-unsaturated/α-hetero) is 1. The van der Waals surface area contributed by atoms with Crippen molar-refractivity contribution in [3.8, 4) is 0 Å². The number of carbonyl (C=O) groups is 2. The Morgan fingerprint density at radius 2 is 1.64 bits per heavy atom. The van der Waals surface area contributed by atoms with Crippen molar-refractivity contribution in [3.63, 3.8) is 0 Å². The molecule has 114 valence electrons. The fourth-order valence-electron chi connectivity index (χ4n) is 2.05. The molecule has 0 spiro atoms. The minimum atomic E-state index is -0.959. The van der Waals surface area contributed by atoms with Crippen LogP contribution in [-0.4, -0.2) is 29.2 Å². The van der Waals surface area contributed by atoms with Crippen molar-refractivity contribution in [1.82, 2.24) is 0 Å². The van der Waals surface area contributed by atoms with Gasteiger partial charge in [-0.15, -0.1) is 0 Å². The second-order valence-corrected chi connectivity index (χ2v) is 5.24. The third kappa shape index (κ3) is 4.11. The second-order valence-electron chi connectivity index (χ2n) is 4.87. The van der Waals surface area contributed by atoms with Crippen LogP contribution in [0, 0.1) is 5.92 Å². The first-order chi connectivity index (χ1) is 10.6. The summed E-state index contributed by atoms with van der Waals surface area (Å²) in [7, 11) is 0. The summed E-state index contributed by atoms with van der Waals surface area (Å²) in [4.78, 5) is 23.2. The number of ketones is 1. The van der Waals surface area contributed by atoms with Gasteiger partial charge in [0.25, 0.3) is 0 Å². The van der Waals surface area contributed by atoms with Gasteiger partial charge in [0.15, 0.2) is 5.78 Å². The number of carboxylic acid groups (broad SMARTS) is 1. The molecular formula is C17H17NO3S. The number of carbonyl (C=O) groups excluding carboxylic acids is 1. The molecule has 0 saturated heterocycles. The van der Waals surface area contributed by atoms with Crippen LogP contribution in [0.1, 0.15) is 20.7 Å². The van der Waals surface area contributed by atoms with E-state index in [0.29, 0.717) is 17.9 Å². The van der Waals surface area contributed by atoms with Crippen LogP contribution in [0.15, 0.2) is 54.6 Å². The van der Waals surface area contributed by atoms with Crippen LogP contribution in [0.3, 0.4) is 0 Å². The Morgan fingerprint density at radius 1 is 1.00 bits per heavy atom. The number of anilines is 1. The predicted octanol–water partition coefficient (Wildman–Crippen LogP) is 3.23. The van der Waals surface area contributed by atoms with Gasteiger partial charge in [-0.1, -0.05) is 30.3 Å². The Morgan fingerprint density at radius 3 is 2.18 bits per heavy atom. The maximum absolute atomic E-state index is 12.4. The highest BCUT2D eigenvalue weighted by Crippen LogP contribution is 2.14. The number of carboxylic acids is 1. The highest BCUT2D eigenvalue weighted by molar-refractivity contribution is 7.80. The highest BCUT2D eigenvalue weighted by Gasteiger charge is 2.18. The van der Waals surface area contributed by atoms with E-state index in [-0.39, 0.29) is 17.3 Å². The molecule has 0 radical (unpaired) electrons. The first kappa shape index (κ1) is 16.1. The van der Waals surface area contributed by atoms with Gasteiger partial charge in [0.1, 0.15) is 0 Å². The molecule has 2 rings (SSSR count). The zero-order valence-corrected chi connectivity index (χ0v) is 12.8. The number of nitrogens with one attached hydrogen (secondary N) is 1. The lowest BCUT2D eigenvalue weighted by Crippen LogP contribution is -2.25. The van der Waals surface area contributed by atoms with Crippen LogP contribution >= 0.6 is 12.6 Å². The summed E-state index contributed by atoms with van der Waals surface area (Å²) >= 11 is 4.26. The number of benzene rings is 2. The molecule has 0 saturated carbocycles. The molecule has 5 heteroatoms. The topological polar surface area (TPSA) is 66.4 Å². The first-order valence-electron chi connectivity index (χ1n) is 6.89. The fraction of sp³-hybridized carbons (Fsp3) is 0.176. The summed E-state index contributed by atoms with van der Waals surface area (Å²) in [5, 5.41) is 12.0. The SMILES string of the molecule is O=C(O)c1ccc(NCC(CS)C(=O)c2ccccc2)cc1. The molecule has 0 aliphatic carbocycles. The van der Waals surface area contributed by atoms with Gasteiger partial charge < -0.3 is 10.4 Å². The van der Waals surface area contributed by atoms with E-state index in [1.807, 2.05) is 18.2 Å². The van der Waals surface area contributed by atoms with Gasteiger partial charge >= 0.3 is 5.97 Å². The quantitative estimate of drug-likeness (QED) is 0.542. The number of hydrogen-bond acceptors (Lipinski definition) is 4. The molecule has 2 N–H and O–H groups in total. The van der Waals surface area contributed by atoms with E-state index in [9.17, 15) is 9.59 Å². The summed E-state index contributed by atoms with van der Waals surface area (Å²) in [6.07, 6.45) is 0. The summed E-state index contributed by atoms with van der Waals surface area (Å²) < 4.78 is 0. The first-order valence-corrected chi connectivity index (χ1v) is 7.52. The molecule has 0 bridgehead atoms. The Bertz CT molecular complexity index is 641. The molecule has 1 atom stereocenters. The fourth-order valence-corrected chi connectivity index (χ4v) is 2.34. The third-order valence-electron chi connectivity index (χ3n) is 3.33. The number of hydrogen-bond donors (Lipinski definition) is 3. The van der Waals surface area contributed by atoms with E-state index in [1.165, 1.54) is 12.1 Å². The van der Waals surface area contributed by atoms with Gasteiger partial charge in [-0.05, 0) is 24.3 Å². The molecule has 0 amide bonds. The van der Waals surface area contributed by atoms with E-state index in [4.69, 9.17) is 5.11 Å². The van der Waals surface area contributed by atoms with Gasteiger partial charge in [-0.25, -0.2) is 4.79 Å². The molecular weight excluding hydrogens is 298 g/mol. The van der Waals surface area contributed by atoms with E-state index in [1.54, 1.807) is 24.3 Å². The zero-order chi connectivity index (χ0) is 15.9. The van der Waals surface area contributed by atoms with Crippen LogP contribution in [0.25, 0.3) is 0 Å². The van der Waals surface area contributed by atoms with Crippen LogP contribution in [0.4, 0.5) is 5.69 Å². The Hall–Kier alpha value is -2.27. The Labute approximate surface area is 134 Å². The lowest BCUT2D eigenvalue weighted by Gasteiger charge is -2.15. The Balaban J connectivity index is 1.99. The van der Waals surface area contributed by atoms with Gasteiger partial charge in [0.2, 0.25) is 0 Å². The summed E-state index contributed by atoms with van der Waals surface area (Å²) in [6, 6.07) is 15.5. The van der Waals surface area contributed by atoms with Crippen molar-refractivity contribution in [1.29, 1.82) is 0 Å². The maximum atomic E-state index is 12.4. The van der Waals surface area contributed by atoms with Crippen LogP contribution in [0.2, 0.25) is 0 Å². The molecule has 0 fully saturated rings. The van der Waals surface area contributed by atoms with E-state index < -0.39 is 5.97 Å². The van der Waals surface area contributed by atoms with Gasteiger partial charge in [-0.2, -0.15) is 12.6 Å². The Kier molecular flexibility index (Phi) is 5.61. The molecule has 22 heavy (non-hydrogen) atoms. The van der Waals surface area contributed by atoms with Crippen molar-refractivity contribution in [2.24, 2.45) is 5.92 Å². The average Bonchev–Trinajstić information content (AvgIpc) is 2.56. The van der Waals surface area contributed by atoms with Gasteiger partial charge in [0, 0.05) is 29.5 Å². The average molecular weight is 315 g/mol. The molecule has 0 aliphatic heterocycles. The monoisotopic (exact) mass is 315 g/mol. The summed E-state index contributed by atoms with van der Waals surface area (Å²) in [6.45, 7) is 0.448. The van der Waals surface area contributed by atoms with Crippen LogP contribution in [0.5, 0.6) is 0 Å². The lowest BCUT2D eigenvalue weighted by atomic mass is 9.99. The number of aromatic carboxylic acids is 1. The van der Waals surface area contributed by atoms with Gasteiger partial charge in [-0.3, -0.25) is 4.79 Å². The van der Waals surface area contributed by atoms with Gasteiger partial charge in [0.05, 0.1) is 5.56 Å². The van der Waals surface area contributed by atoms with Crippen molar-refractivity contribution < 1.29 is 14.7 Å². The van der Waals surface area contributed by atoms with E-state index >= 15 is 0 Å². The molecule has 4 nitrogen and oxygen atoms in total. The smallest absolute Gasteiger partial charge is 0.335 e. The van der Waals surface area contributed by atoms with Crippen molar-refractivity contribution in [2.45, 2.75) is 0 Å². The zero-order valence-electron chi connectivity index (χ0n) is 11.9. The van der Waals surface area contributed by atoms with Crippen LogP contribution < -0.4 is 5.32 Å². The number of rotatable bonds is 7. The van der Waals surface area contributed by atoms with Crippen molar-refractivity contribution in [2.75, 3.05) is 17.6 Å². The lowest BCUT2D eigenvalue weighted by molar-refractivity contribution is 0.0696. The maximum Gasteiger partial charge on any atom is 0.335 e. The molecule has 0 aliphatic rings. The predicted molar refractivity (Wildman–Crippen MR) is 90.0 cm³/mol. The largest absolute Gasteiger partial charge is 0.478 e. The van der Waals surface area contributed by atoms with Crippen LogP contribution in [-0.2, 0) is 0 Å². The second kappa shape index (κ2) is 7.66. The summed E-state index contributed by atoms with van der Waals surface area (Å²) in [5.41, 5.74) is 1.68. The van der Waals surface area contributed by atoms with Crippen molar-refractivity contribution >= 4 is 30.1 Å². The molecule has 1 unspecified atom stereocenters. The molecule has 0 heterocycles. The van der Waals surface area contributed by atoms with E-state index in [2.05, 4.69) is 17.9 Å². The van der Waals surface area contributed by atoms with Crippen molar-refractivity contribution in [3.05, 3.63) is 65.7 Å². The molecule has 2 aromatic carbocycles. The standard InChI is InChI=1S/C17H17NO3S/c19-16(12-4-2-1-3-5-12)14(11-22)10-18-15-8-6-13(7-9-15)17(20)21/h1-9,14,18,22H,10-11H2,(H,20,21). The number of thiol groups is 1. The normalized spacial score (nSPS) is 11.7. The molecule has 0 aromatic heterocycles. The van der Waals surface area contributed by atoms with E-state index in [0.717, 1.165) is 5.69 Å². The minimum absolute atomic E-state index is 0.0465.